The Morgan fingerprint density at radius 1 is 0.949 bits per heavy atom. The average Bonchev–Trinajstić information content (AvgIpc) is 3.39. The van der Waals surface area contributed by atoms with Crippen LogP contribution in [0.5, 0.6) is 0 Å². The summed E-state index contributed by atoms with van der Waals surface area (Å²) in [6.45, 7) is 0.628. The van der Waals surface area contributed by atoms with Crippen molar-refractivity contribution in [3.8, 4) is 0 Å². The summed E-state index contributed by atoms with van der Waals surface area (Å²) in [6, 6.07) is 21.2. The number of carbonyl (C=O) groups excluding carboxylic acids is 3. The van der Waals surface area contributed by atoms with Crippen LogP contribution in [0.1, 0.15) is 45.9 Å². The molecule has 1 unspecified atom stereocenters. The number of hydrogen-bond donors (Lipinski definition) is 2. The Labute approximate surface area is 227 Å². The lowest BCUT2D eigenvalue weighted by atomic mass is 10.0. The van der Waals surface area contributed by atoms with E-state index in [1.165, 1.54) is 6.07 Å². The highest BCUT2D eigenvalue weighted by Gasteiger charge is 2.26. The molecule has 3 aromatic rings. The van der Waals surface area contributed by atoms with Crippen LogP contribution >= 0.6 is 0 Å². The third kappa shape index (κ3) is 8.12. The van der Waals surface area contributed by atoms with E-state index in [1.807, 2.05) is 43.4 Å². The molecule has 2 atom stereocenters. The van der Waals surface area contributed by atoms with Gasteiger partial charge in [0.15, 0.2) is 0 Å². The van der Waals surface area contributed by atoms with Gasteiger partial charge in [0.25, 0.3) is 5.91 Å². The number of nitrogens with zero attached hydrogens (tertiary/aromatic N) is 1. The summed E-state index contributed by atoms with van der Waals surface area (Å²) in [4.78, 5) is 40.4. The van der Waals surface area contributed by atoms with Gasteiger partial charge in [-0.1, -0.05) is 60.7 Å². The van der Waals surface area contributed by atoms with Gasteiger partial charge in [0.05, 0.1) is 0 Å². The topological polar surface area (TPSA) is 97.0 Å². The van der Waals surface area contributed by atoms with Gasteiger partial charge in [0.1, 0.15) is 25.1 Å². The second-order valence-corrected chi connectivity index (χ2v) is 9.47. The van der Waals surface area contributed by atoms with Crippen LogP contribution in [-0.2, 0) is 27.5 Å². The van der Waals surface area contributed by atoms with Crippen molar-refractivity contribution in [2.75, 3.05) is 20.1 Å². The molecule has 0 saturated carbocycles. The fourth-order valence-electron chi connectivity index (χ4n) is 4.49. The number of carbonyl (C=O) groups is 3. The van der Waals surface area contributed by atoms with Crippen molar-refractivity contribution in [2.45, 2.75) is 38.1 Å². The minimum absolute atomic E-state index is 0.00645. The van der Waals surface area contributed by atoms with Crippen LogP contribution in [0.15, 0.2) is 78.9 Å². The van der Waals surface area contributed by atoms with E-state index in [0.717, 1.165) is 42.1 Å². The molecule has 0 spiro atoms. The van der Waals surface area contributed by atoms with E-state index in [9.17, 15) is 18.8 Å². The van der Waals surface area contributed by atoms with Crippen LogP contribution in [0.2, 0.25) is 0 Å². The van der Waals surface area contributed by atoms with Gasteiger partial charge < -0.3 is 20.1 Å². The molecule has 8 nitrogen and oxygen atoms in total. The molecule has 204 valence electrons. The van der Waals surface area contributed by atoms with Gasteiger partial charge in [0.2, 0.25) is 0 Å². The summed E-state index contributed by atoms with van der Waals surface area (Å²) >= 11 is 0. The Morgan fingerprint density at radius 3 is 2.21 bits per heavy atom. The molecule has 1 heterocycles. The first-order valence-electron chi connectivity index (χ1n) is 12.9. The van der Waals surface area contributed by atoms with Gasteiger partial charge in [-0.3, -0.25) is 9.69 Å². The highest BCUT2D eigenvalue weighted by Crippen LogP contribution is 2.31. The Balaban J connectivity index is 1.40. The molecule has 0 aromatic heterocycles. The number of ether oxygens (including phenoxy) is 2. The largest absolute Gasteiger partial charge is 0.459 e. The van der Waals surface area contributed by atoms with Crippen molar-refractivity contribution in [1.82, 2.24) is 15.5 Å². The first-order valence-corrected chi connectivity index (χ1v) is 12.9. The zero-order valence-electron chi connectivity index (χ0n) is 21.8. The minimum Gasteiger partial charge on any atom is -0.459 e. The summed E-state index contributed by atoms with van der Waals surface area (Å²) in [6.07, 6.45) is 1.04. The van der Waals surface area contributed by atoms with Gasteiger partial charge >= 0.3 is 12.1 Å². The van der Waals surface area contributed by atoms with Crippen molar-refractivity contribution in [3.05, 3.63) is 107 Å². The maximum Gasteiger partial charge on any atom is 0.408 e. The van der Waals surface area contributed by atoms with Crippen molar-refractivity contribution in [2.24, 2.45) is 0 Å². The van der Waals surface area contributed by atoms with Gasteiger partial charge in [0, 0.05) is 18.2 Å². The van der Waals surface area contributed by atoms with E-state index in [0.29, 0.717) is 0 Å². The number of rotatable bonds is 10. The molecule has 3 aromatic carbocycles. The first kappa shape index (κ1) is 27.8. The highest BCUT2D eigenvalue weighted by atomic mass is 19.1. The lowest BCUT2D eigenvalue weighted by Gasteiger charge is -2.21. The summed E-state index contributed by atoms with van der Waals surface area (Å²) in [7, 11) is 1.97. The maximum absolute atomic E-state index is 14.4. The molecular weight excluding hydrogens is 501 g/mol. The third-order valence-electron chi connectivity index (χ3n) is 6.57. The summed E-state index contributed by atoms with van der Waals surface area (Å²) in [5, 5.41) is 5.10. The van der Waals surface area contributed by atoms with Crippen molar-refractivity contribution >= 4 is 18.0 Å². The molecule has 9 heteroatoms. The number of nitrogens with one attached hydrogen (secondary N) is 2. The Hall–Kier alpha value is -4.24. The molecule has 1 aliphatic rings. The van der Waals surface area contributed by atoms with Crippen LogP contribution in [0.4, 0.5) is 9.18 Å². The van der Waals surface area contributed by atoms with Crippen molar-refractivity contribution in [3.63, 3.8) is 0 Å². The van der Waals surface area contributed by atoms with E-state index < -0.39 is 29.8 Å². The van der Waals surface area contributed by atoms with Crippen molar-refractivity contribution < 1.29 is 28.2 Å². The van der Waals surface area contributed by atoms with Gasteiger partial charge in [-0.15, -0.1) is 0 Å². The molecule has 0 radical (unpaired) electrons. The normalized spacial score (nSPS) is 15.8. The molecule has 39 heavy (non-hydrogen) atoms. The van der Waals surface area contributed by atoms with E-state index >= 15 is 0 Å². The molecule has 0 aliphatic carbocycles. The van der Waals surface area contributed by atoms with Crippen LogP contribution in [0.3, 0.4) is 0 Å². The molecular formula is C30H32FN3O5. The predicted octanol–water partition coefficient (Wildman–Crippen LogP) is 4.36. The number of benzene rings is 3. The maximum atomic E-state index is 14.4. The molecule has 1 saturated heterocycles. The van der Waals surface area contributed by atoms with Crippen molar-refractivity contribution in [1.29, 1.82) is 0 Å². The van der Waals surface area contributed by atoms with E-state index in [2.05, 4.69) is 15.5 Å². The van der Waals surface area contributed by atoms with E-state index in [1.54, 1.807) is 30.3 Å². The summed E-state index contributed by atoms with van der Waals surface area (Å²) in [5.74, 6) is -1.83. The van der Waals surface area contributed by atoms with E-state index in [4.69, 9.17) is 9.47 Å². The lowest BCUT2D eigenvalue weighted by molar-refractivity contribution is -0.147. The summed E-state index contributed by atoms with van der Waals surface area (Å²) in [5.41, 5.74) is 2.40. The van der Waals surface area contributed by atoms with Gasteiger partial charge in [-0.25, -0.2) is 14.0 Å². The molecule has 0 bridgehead atoms. The zero-order chi connectivity index (χ0) is 27.6. The molecule has 1 fully saturated rings. The van der Waals surface area contributed by atoms with Crippen LogP contribution in [0.25, 0.3) is 0 Å². The number of esters is 1. The monoisotopic (exact) mass is 533 g/mol. The number of alkyl carbamates (subject to hydrolysis) is 1. The SMILES string of the molecule is CN1CCCC1c1cc(F)cc(C(=O)NC[C@@H](NC(=O)OCc2ccccc2)C(=O)OCc2ccccc2)c1. The second kappa shape index (κ2) is 13.5. The number of likely N-dealkylation sites (tertiary alicyclic amines) is 1. The Kier molecular flexibility index (Phi) is 9.64. The number of halogens is 1. The highest BCUT2D eigenvalue weighted by molar-refractivity contribution is 5.95. The van der Waals surface area contributed by atoms with Crippen LogP contribution in [0, 0.1) is 5.82 Å². The fraction of sp³-hybridized carbons (Fsp3) is 0.300. The lowest BCUT2D eigenvalue weighted by Crippen LogP contribution is -2.49. The van der Waals surface area contributed by atoms with Crippen LogP contribution in [-0.4, -0.2) is 49.0 Å². The molecule has 1 aliphatic heterocycles. The fourth-order valence-corrected chi connectivity index (χ4v) is 4.49. The smallest absolute Gasteiger partial charge is 0.408 e. The average molecular weight is 534 g/mol. The Bertz CT molecular complexity index is 1270. The van der Waals surface area contributed by atoms with Crippen LogP contribution < -0.4 is 10.6 Å². The van der Waals surface area contributed by atoms with Gasteiger partial charge in [-0.05, 0) is 61.3 Å². The number of amides is 2. The third-order valence-corrected chi connectivity index (χ3v) is 6.57. The zero-order valence-corrected chi connectivity index (χ0v) is 21.8. The van der Waals surface area contributed by atoms with Gasteiger partial charge in [-0.2, -0.15) is 0 Å². The number of hydrogen-bond acceptors (Lipinski definition) is 6. The Morgan fingerprint density at radius 2 is 1.59 bits per heavy atom. The van der Waals surface area contributed by atoms with E-state index in [-0.39, 0.29) is 31.4 Å². The first-order chi connectivity index (χ1) is 18.9. The predicted molar refractivity (Wildman–Crippen MR) is 143 cm³/mol. The summed E-state index contributed by atoms with van der Waals surface area (Å²) < 4.78 is 25.0. The molecule has 2 N–H and O–H groups in total. The minimum atomic E-state index is -1.23. The molecule has 2 amide bonds. The molecule has 4 rings (SSSR count). The quantitative estimate of drug-likeness (QED) is 0.376. The second-order valence-electron chi connectivity index (χ2n) is 9.47. The standard InChI is InChI=1S/C30H32FN3O5/c1-34-14-8-13-27(34)23-15-24(17-25(31)16-23)28(35)32-18-26(29(36)38-19-21-9-4-2-5-10-21)33-30(37)39-20-22-11-6-3-7-12-22/h2-7,9-12,15-17,26-27H,8,13-14,18-20H2,1H3,(H,32,35)(H,33,37)/t26-,27?/m1/s1.